The third kappa shape index (κ3) is 4.09. The minimum Gasteiger partial charge on any atom is -0.152 e. The van der Waals surface area contributed by atoms with Gasteiger partial charge >= 0.3 is 0 Å². The Morgan fingerprint density at radius 1 is 1.67 bits per heavy atom. The summed E-state index contributed by atoms with van der Waals surface area (Å²) in [6.07, 6.45) is 4.42. The zero-order chi connectivity index (χ0) is 4.83. The highest BCUT2D eigenvalue weighted by Crippen LogP contribution is 1.88. The molecule has 0 bridgehead atoms. The van der Waals surface area contributed by atoms with Crippen LogP contribution in [0, 0.1) is 0 Å². The van der Waals surface area contributed by atoms with Gasteiger partial charge in [0.15, 0.2) is 0 Å². The van der Waals surface area contributed by atoms with Gasteiger partial charge in [0.05, 0.1) is 0 Å². The van der Waals surface area contributed by atoms with Crippen molar-refractivity contribution in [3.63, 3.8) is 0 Å². The van der Waals surface area contributed by atoms with E-state index in [9.17, 15) is 0 Å². The molecule has 0 aromatic heterocycles. The van der Waals surface area contributed by atoms with Crippen LogP contribution in [0.15, 0.2) is 11.5 Å². The van der Waals surface area contributed by atoms with Gasteiger partial charge in [0.1, 0.15) is 0 Å². The van der Waals surface area contributed by atoms with E-state index in [1.54, 1.807) is 5.41 Å². The molecule has 0 amide bonds. The van der Waals surface area contributed by atoms with E-state index in [-0.39, 0.29) is 0 Å². The van der Waals surface area contributed by atoms with Crippen LogP contribution in [0.2, 0.25) is 0 Å². The molecule has 0 spiro atoms. The number of allylic oxidation sites excluding steroid dienone is 1. The van der Waals surface area contributed by atoms with Crippen LogP contribution in [-0.2, 0) is 0 Å². The number of thiol groups is 1. The van der Waals surface area contributed by atoms with E-state index in [0.29, 0.717) is 0 Å². The summed E-state index contributed by atoms with van der Waals surface area (Å²) in [6.45, 7) is 2.15. The number of hydrogen-bond acceptors (Lipinski definition) is 1. The Labute approximate surface area is 44.7 Å². The molecule has 0 aromatic rings. The van der Waals surface area contributed by atoms with E-state index in [2.05, 4.69) is 19.6 Å². The molecule has 0 rings (SSSR count). The predicted molar refractivity (Wildman–Crippen MR) is 33.0 cm³/mol. The maximum Gasteiger partial charge on any atom is -0.0345 e. The van der Waals surface area contributed by atoms with Crippen molar-refractivity contribution in [2.75, 3.05) is 0 Å². The van der Waals surface area contributed by atoms with Crippen LogP contribution in [0.25, 0.3) is 0 Å². The van der Waals surface area contributed by atoms with Crippen LogP contribution in [-0.4, -0.2) is 0 Å². The lowest BCUT2D eigenvalue weighted by Gasteiger charge is -1.75. The quantitative estimate of drug-likeness (QED) is 0.508. The molecule has 1 heteroatoms. The van der Waals surface area contributed by atoms with Crippen LogP contribution >= 0.6 is 12.6 Å². The second-order valence-corrected chi connectivity index (χ2v) is 1.47. The molecule has 0 fully saturated rings. The van der Waals surface area contributed by atoms with E-state index in [1.807, 2.05) is 6.08 Å². The Hall–Kier alpha value is 0.0900. The molecule has 0 radical (unpaired) electrons. The summed E-state index contributed by atoms with van der Waals surface area (Å²) in [5.41, 5.74) is 0. The average molecular weight is 102 g/mol. The maximum absolute atomic E-state index is 3.87. The minimum atomic E-state index is 1.16. The van der Waals surface area contributed by atoms with Crippen LogP contribution in [0.5, 0.6) is 0 Å². The van der Waals surface area contributed by atoms with E-state index < -0.39 is 0 Å². The fourth-order valence-corrected chi connectivity index (χ4v) is 0.390. The van der Waals surface area contributed by atoms with Crippen molar-refractivity contribution in [2.45, 2.75) is 19.8 Å². The lowest BCUT2D eigenvalue weighted by Crippen LogP contribution is -1.54. The number of unbranched alkanes of at least 4 members (excludes halogenated alkanes) is 1. The third-order valence-electron chi connectivity index (χ3n) is 0.561. The molecule has 0 saturated carbocycles. The summed E-state index contributed by atoms with van der Waals surface area (Å²) < 4.78 is 0. The third-order valence-corrected chi connectivity index (χ3v) is 0.772. The molecule has 0 aromatic carbocycles. The van der Waals surface area contributed by atoms with Gasteiger partial charge in [-0.2, -0.15) is 12.6 Å². The molecule has 36 valence electrons. The SMILES string of the molecule is CCCC=CS. The fourth-order valence-electron chi connectivity index (χ4n) is 0.241. The molecular formula is C5H10S. The first-order chi connectivity index (χ1) is 2.91. The van der Waals surface area contributed by atoms with Crippen molar-refractivity contribution in [3.8, 4) is 0 Å². The van der Waals surface area contributed by atoms with Gasteiger partial charge in [0.25, 0.3) is 0 Å². The average Bonchev–Trinajstić information content (AvgIpc) is 1.61. The summed E-state index contributed by atoms with van der Waals surface area (Å²) in [4.78, 5) is 0. The Kier molecular flexibility index (Phi) is 5.17. The Bertz CT molecular complexity index is 39.2. The van der Waals surface area contributed by atoms with Gasteiger partial charge in [0, 0.05) is 0 Å². The first-order valence-electron chi connectivity index (χ1n) is 2.21. The van der Waals surface area contributed by atoms with E-state index in [1.165, 1.54) is 6.42 Å². The zero-order valence-corrected chi connectivity index (χ0v) is 4.91. The molecule has 0 N–H and O–H groups in total. The van der Waals surface area contributed by atoms with Crippen LogP contribution in [0.3, 0.4) is 0 Å². The lowest BCUT2D eigenvalue weighted by molar-refractivity contribution is 0.960. The molecular weight excluding hydrogens is 92.1 g/mol. The van der Waals surface area contributed by atoms with Gasteiger partial charge in [-0.1, -0.05) is 19.4 Å². The van der Waals surface area contributed by atoms with Gasteiger partial charge in [-0.05, 0) is 11.8 Å². The molecule has 0 unspecified atom stereocenters. The van der Waals surface area contributed by atoms with Gasteiger partial charge in [-0.25, -0.2) is 0 Å². The van der Waals surface area contributed by atoms with E-state index in [4.69, 9.17) is 0 Å². The first kappa shape index (κ1) is 6.09. The summed E-state index contributed by atoms with van der Waals surface area (Å²) in [5, 5.41) is 1.78. The van der Waals surface area contributed by atoms with Crippen molar-refractivity contribution >= 4 is 12.6 Å². The van der Waals surface area contributed by atoms with Crippen LogP contribution in [0.4, 0.5) is 0 Å². The monoisotopic (exact) mass is 102 g/mol. The van der Waals surface area contributed by atoms with Crippen LogP contribution in [0.1, 0.15) is 19.8 Å². The standard InChI is InChI=1S/C5H10S/c1-2-3-4-5-6/h4-6H,2-3H2,1H3. The first-order valence-corrected chi connectivity index (χ1v) is 2.72. The van der Waals surface area contributed by atoms with Crippen molar-refractivity contribution in [3.05, 3.63) is 11.5 Å². The molecule has 6 heavy (non-hydrogen) atoms. The molecule has 0 heterocycles. The van der Waals surface area contributed by atoms with Crippen molar-refractivity contribution < 1.29 is 0 Å². The molecule has 0 aliphatic rings. The Morgan fingerprint density at radius 2 is 2.33 bits per heavy atom. The van der Waals surface area contributed by atoms with Gasteiger partial charge in [-0.3, -0.25) is 0 Å². The number of hydrogen-bond donors (Lipinski definition) is 1. The number of rotatable bonds is 2. The Morgan fingerprint density at radius 3 is 2.50 bits per heavy atom. The molecule has 0 atom stereocenters. The normalized spacial score (nSPS) is 10.3. The van der Waals surface area contributed by atoms with E-state index >= 15 is 0 Å². The fraction of sp³-hybridized carbons (Fsp3) is 0.600. The van der Waals surface area contributed by atoms with Gasteiger partial charge in [-0.15, -0.1) is 0 Å². The van der Waals surface area contributed by atoms with Crippen molar-refractivity contribution in [1.82, 2.24) is 0 Å². The second-order valence-electron chi connectivity index (χ2n) is 1.17. The summed E-state index contributed by atoms with van der Waals surface area (Å²) >= 11 is 3.87. The smallest absolute Gasteiger partial charge is 0.0345 e. The molecule has 0 aliphatic carbocycles. The summed E-state index contributed by atoms with van der Waals surface area (Å²) in [5.74, 6) is 0. The highest BCUT2D eigenvalue weighted by Gasteiger charge is 1.65. The maximum atomic E-state index is 3.87. The minimum absolute atomic E-state index is 1.16. The zero-order valence-electron chi connectivity index (χ0n) is 4.02. The van der Waals surface area contributed by atoms with Gasteiger partial charge < -0.3 is 0 Å². The molecule has 0 saturated heterocycles. The highest BCUT2D eigenvalue weighted by atomic mass is 32.1. The molecule has 0 aliphatic heterocycles. The summed E-state index contributed by atoms with van der Waals surface area (Å²) in [6, 6.07) is 0. The van der Waals surface area contributed by atoms with Gasteiger partial charge in [0.2, 0.25) is 0 Å². The Balaban J connectivity index is 2.66. The predicted octanol–water partition coefficient (Wildman–Crippen LogP) is 2.23. The highest BCUT2D eigenvalue weighted by molar-refractivity contribution is 7.83. The second kappa shape index (κ2) is 5.09. The van der Waals surface area contributed by atoms with E-state index in [0.717, 1.165) is 6.42 Å². The summed E-state index contributed by atoms with van der Waals surface area (Å²) in [7, 11) is 0. The topological polar surface area (TPSA) is 0 Å². The van der Waals surface area contributed by atoms with Crippen molar-refractivity contribution in [2.24, 2.45) is 0 Å². The van der Waals surface area contributed by atoms with Crippen LogP contribution < -0.4 is 0 Å². The lowest BCUT2D eigenvalue weighted by atomic mass is 10.3. The largest absolute Gasteiger partial charge is 0.152 e. The van der Waals surface area contributed by atoms with Crippen molar-refractivity contribution in [1.29, 1.82) is 0 Å². The molecule has 0 nitrogen and oxygen atoms in total.